The average molecular weight is 450 g/mol. The molecule has 0 aliphatic carbocycles. The molecule has 1 aromatic rings. The second-order valence-corrected chi connectivity index (χ2v) is 11.3. The molecule has 0 heterocycles. The minimum atomic E-state index is -3.88. The molecule has 0 N–H and O–H groups in total. The second kappa shape index (κ2) is 7.51. The lowest BCUT2D eigenvalue weighted by molar-refractivity contribution is 0.222. The van der Waals surface area contributed by atoms with E-state index >= 15 is 0 Å². The van der Waals surface area contributed by atoms with Crippen molar-refractivity contribution < 1.29 is 22.0 Å². The minimum Gasteiger partial charge on any atom is -0.307 e. The van der Waals surface area contributed by atoms with Gasteiger partial charge in [0.05, 0.1) is 18.1 Å². The fraction of sp³-hybridized carbons (Fsp3) is 0.455. The van der Waals surface area contributed by atoms with Crippen molar-refractivity contribution in [3.8, 4) is 0 Å². The lowest BCUT2D eigenvalue weighted by Gasteiger charge is -2.22. The summed E-state index contributed by atoms with van der Waals surface area (Å²) >= 11 is 6.19. The van der Waals surface area contributed by atoms with Gasteiger partial charge < -0.3 is 9.05 Å². The van der Waals surface area contributed by atoms with Gasteiger partial charge in [0.15, 0.2) is 0 Å². The molecule has 0 saturated carbocycles. The molecule has 5 nitrogen and oxygen atoms in total. The standard InChI is InChI=1S/C11H15Br2O5PS/c1-3-17-19(14,18-4-2)11(13)20(15,16)10-7-5-9(12)6-8-10/h5-8,11H,3-4H2,1-2H3. The predicted octanol–water partition coefficient (Wildman–Crippen LogP) is 4.17. The number of hydrogen-bond donors (Lipinski definition) is 0. The molecule has 0 spiro atoms. The van der Waals surface area contributed by atoms with Crippen molar-refractivity contribution in [2.24, 2.45) is 0 Å². The second-order valence-electron chi connectivity index (χ2n) is 3.67. The number of halogens is 2. The molecule has 0 aliphatic rings. The Morgan fingerprint density at radius 1 is 1.15 bits per heavy atom. The Morgan fingerprint density at radius 3 is 2.00 bits per heavy atom. The van der Waals surface area contributed by atoms with Crippen LogP contribution in [0.1, 0.15) is 13.8 Å². The summed E-state index contributed by atoms with van der Waals surface area (Å²) in [4.78, 5) is 0.0437. The summed E-state index contributed by atoms with van der Waals surface area (Å²) in [6, 6.07) is 6.05. The minimum absolute atomic E-state index is 0.0437. The van der Waals surface area contributed by atoms with Gasteiger partial charge in [0.25, 0.3) is 0 Å². The largest absolute Gasteiger partial charge is 0.359 e. The van der Waals surface area contributed by atoms with Crippen molar-refractivity contribution >= 4 is 49.3 Å². The summed E-state index contributed by atoms with van der Waals surface area (Å²) in [6.45, 7) is 3.43. The molecule has 1 rings (SSSR count). The lowest BCUT2D eigenvalue weighted by Crippen LogP contribution is -2.18. The van der Waals surface area contributed by atoms with Gasteiger partial charge >= 0.3 is 7.60 Å². The molecule has 0 aliphatic heterocycles. The number of benzene rings is 1. The molecule has 20 heavy (non-hydrogen) atoms. The molecule has 1 atom stereocenters. The van der Waals surface area contributed by atoms with E-state index in [-0.39, 0.29) is 18.1 Å². The third-order valence-corrected chi connectivity index (χ3v) is 10.6. The van der Waals surface area contributed by atoms with Crippen LogP contribution in [0.3, 0.4) is 0 Å². The zero-order chi connectivity index (χ0) is 15.4. The topological polar surface area (TPSA) is 69.7 Å². The van der Waals surface area contributed by atoms with Gasteiger partial charge in [-0.2, -0.15) is 0 Å². The smallest absolute Gasteiger partial charge is 0.307 e. The van der Waals surface area contributed by atoms with Crippen molar-refractivity contribution in [3.05, 3.63) is 28.7 Å². The Hall–Kier alpha value is 0.280. The van der Waals surface area contributed by atoms with Gasteiger partial charge in [-0.05, 0) is 38.1 Å². The fourth-order valence-corrected chi connectivity index (χ4v) is 6.90. The van der Waals surface area contributed by atoms with Gasteiger partial charge in [0.2, 0.25) is 13.7 Å². The van der Waals surface area contributed by atoms with E-state index in [1.54, 1.807) is 26.0 Å². The fourth-order valence-electron chi connectivity index (χ4n) is 1.42. The first-order chi connectivity index (χ1) is 9.28. The van der Waals surface area contributed by atoms with Crippen LogP contribution in [-0.2, 0) is 23.4 Å². The van der Waals surface area contributed by atoms with E-state index < -0.39 is 21.3 Å². The van der Waals surface area contributed by atoms with Crippen molar-refractivity contribution in [3.63, 3.8) is 0 Å². The Balaban J connectivity index is 3.19. The maximum atomic E-state index is 12.5. The number of rotatable bonds is 7. The van der Waals surface area contributed by atoms with E-state index in [4.69, 9.17) is 9.05 Å². The molecule has 0 saturated heterocycles. The molecule has 0 amide bonds. The Morgan fingerprint density at radius 2 is 1.60 bits per heavy atom. The van der Waals surface area contributed by atoms with Gasteiger partial charge in [-0.25, -0.2) is 8.42 Å². The number of hydrogen-bond acceptors (Lipinski definition) is 5. The van der Waals surface area contributed by atoms with Crippen LogP contribution in [-0.4, -0.2) is 25.5 Å². The molecule has 1 aromatic carbocycles. The summed E-state index contributed by atoms with van der Waals surface area (Å²) in [5, 5.41) is 0. The third-order valence-electron chi connectivity index (χ3n) is 2.26. The maximum absolute atomic E-state index is 12.5. The summed E-state index contributed by atoms with van der Waals surface area (Å²) in [5.74, 6) is 0. The molecule has 9 heteroatoms. The highest BCUT2D eigenvalue weighted by atomic mass is 79.9. The quantitative estimate of drug-likeness (QED) is 0.461. The van der Waals surface area contributed by atoms with Crippen molar-refractivity contribution in [2.45, 2.75) is 22.6 Å². The molecular formula is C11H15Br2O5PS. The summed E-state index contributed by atoms with van der Waals surface area (Å²) in [6.07, 6.45) is 0. The van der Waals surface area contributed by atoms with Crippen molar-refractivity contribution in [1.29, 1.82) is 0 Å². The Bertz CT molecular complexity index is 577. The molecule has 0 aromatic heterocycles. The lowest BCUT2D eigenvalue weighted by atomic mass is 10.4. The molecule has 0 fully saturated rings. The maximum Gasteiger partial charge on any atom is 0.359 e. The first-order valence-electron chi connectivity index (χ1n) is 5.80. The van der Waals surface area contributed by atoms with Crippen LogP contribution in [0.25, 0.3) is 0 Å². The van der Waals surface area contributed by atoms with Crippen LogP contribution in [0.15, 0.2) is 33.6 Å². The monoisotopic (exact) mass is 448 g/mol. The van der Waals surface area contributed by atoms with Crippen molar-refractivity contribution in [2.75, 3.05) is 13.2 Å². The van der Waals surface area contributed by atoms with Crippen LogP contribution >= 0.6 is 39.5 Å². The predicted molar refractivity (Wildman–Crippen MR) is 84.9 cm³/mol. The van der Waals surface area contributed by atoms with E-state index in [2.05, 4.69) is 31.9 Å². The highest BCUT2D eigenvalue weighted by molar-refractivity contribution is 9.12. The van der Waals surface area contributed by atoms with Crippen LogP contribution in [0.2, 0.25) is 0 Å². The first-order valence-corrected chi connectivity index (χ1v) is 10.7. The van der Waals surface area contributed by atoms with Gasteiger partial charge in [0.1, 0.15) is 0 Å². The molecule has 1 unspecified atom stereocenters. The van der Waals surface area contributed by atoms with E-state index in [1.165, 1.54) is 12.1 Å². The van der Waals surface area contributed by atoms with Crippen LogP contribution in [0.4, 0.5) is 0 Å². The van der Waals surface area contributed by atoms with Crippen LogP contribution in [0, 0.1) is 0 Å². The Kier molecular flexibility index (Phi) is 6.89. The molecule has 0 bridgehead atoms. The molecule has 0 radical (unpaired) electrons. The zero-order valence-corrected chi connectivity index (χ0v) is 15.8. The highest BCUT2D eigenvalue weighted by Gasteiger charge is 2.44. The summed E-state index contributed by atoms with van der Waals surface area (Å²) in [5.41, 5.74) is 0. The first kappa shape index (κ1) is 18.3. The van der Waals surface area contributed by atoms with Gasteiger partial charge in [-0.1, -0.05) is 31.9 Å². The van der Waals surface area contributed by atoms with Crippen LogP contribution in [0.5, 0.6) is 0 Å². The molecular weight excluding hydrogens is 435 g/mol. The van der Waals surface area contributed by atoms with Crippen LogP contribution < -0.4 is 0 Å². The van der Waals surface area contributed by atoms with E-state index in [9.17, 15) is 13.0 Å². The van der Waals surface area contributed by atoms with Gasteiger partial charge in [-0.15, -0.1) is 0 Å². The summed E-state index contributed by atoms with van der Waals surface area (Å²) in [7, 11) is -7.67. The van der Waals surface area contributed by atoms with Crippen molar-refractivity contribution in [1.82, 2.24) is 0 Å². The Labute approximate surface area is 135 Å². The van der Waals surface area contributed by atoms with Gasteiger partial charge in [0, 0.05) is 4.47 Å². The van der Waals surface area contributed by atoms with E-state index in [1.807, 2.05) is 0 Å². The average Bonchev–Trinajstić information content (AvgIpc) is 2.39. The SMILES string of the molecule is CCOP(=O)(OCC)C(Br)S(=O)(=O)c1ccc(Br)cc1. The zero-order valence-electron chi connectivity index (χ0n) is 11.0. The number of alkyl halides is 1. The molecule has 114 valence electrons. The van der Waals surface area contributed by atoms with E-state index in [0.29, 0.717) is 0 Å². The van der Waals surface area contributed by atoms with Gasteiger partial charge in [-0.3, -0.25) is 4.57 Å². The third kappa shape index (κ3) is 4.15. The summed E-state index contributed by atoms with van der Waals surface area (Å²) < 4.78 is 46.8. The normalized spacial score (nSPS) is 14.2. The highest BCUT2D eigenvalue weighted by Crippen LogP contribution is 2.58. The van der Waals surface area contributed by atoms with E-state index in [0.717, 1.165) is 4.47 Å². The number of sulfone groups is 1.